The van der Waals surface area contributed by atoms with Crippen LogP contribution in [0.1, 0.15) is 24.9 Å². The summed E-state index contributed by atoms with van der Waals surface area (Å²) in [4.78, 5) is 0. The first-order chi connectivity index (χ1) is 6.38. The van der Waals surface area contributed by atoms with Crippen molar-refractivity contribution in [2.45, 2.75) is 19.4 Å². The molecule has 1 rings (SSSR count). The molecular weight excluding hydrogens is 182 g/mol. The highest BCUT2D eigenvalue weighted by molar-refractivity contribution is 7.98. The maximum absolute atomic E-state index is 5.07. The summed E-state index contributed by atoms with van der Waals surface area (Å²) in [5.74, 6) is 1.10. The van der Waals surface area contributed by atoms with Crippen molar-refractivity contribution in [2.75, 3.05) is 18.6 Å². The maximum atomic E-state index is 5.07. The molecule has 0 spiro atoms. The van der Waals surface area contributed by atoms with Crippen LogP contribution in [0.5, 0.6) is 0 Å². The monoisotopic (exact) mass is 199 g/mol. The van der Waals surface area contributed by atoms with E-state index in [1.807, 2.05) is 24.1 Å². The Morgan fingerprint density at radius 3 is 3.00 bits per heavy atom. The molecular formula is C10H17NOS. The molecule has 0 amide bonds. The molecule has 1 aromatic heterocycles. The molecule has 1 unspecified atom stereocenters. The van der Waals surface area contributed by atoms with Crippen molar-refractivity contribution >= 4 is 11.8 Å². The highest BCUT2D eigenvalue weighted by Gasteiger charge is 2.10. The molecule has 0 aliphatic heterocycles. The van der Waals surface area contributed by atoms with E-state index in [0.717, 1.165) is 12.3 Å². The summed E-state index contributed by atoms with van der Waals surface area (Å²) >= 11 is 1.85. The third kappa shape index (κ3) is 3.44. The lowest BCUT2D eigenvalue weighted by Crippen LogP contribution is -2.23. The fourth-order valence-electron chi connectivity index (χ4n) is 1.23. The average Bonchev–Trinajstić information content (AvgIpc) is 2.65. The van der Waals surface area contributed by atoms with Gasteiger partial charge in [0.25, 0.3) is 0 Å². The minimum Gasteiger partial charge on any atom is -0.472 e. The van der Waals surface area contributed by atoms with Gasteiger partial charge in [-0.3, -0.25) is 0 Å². The van der Waals surface area contributed by atoms with Crippen LogP contribution in [0.15, 0.2) is 23.0 Å². The molecule has 0 radical (unpaired) electrons. The molecule has 0 aromatic carbocycles. The number of furan rings is 1. The largest absolute Gasteiger partial charge is 0.472 e. The molecule has 1 atom stereocenters. The summed E-state index contributed by atoms with van der Waals surface area (Å²) in [6.45, 7) is 3.24. The van der Waals surface area contributed by atoms with E-state index >= 15 is 0 Å². The highest BCUT2D eigenvalue weighted by Crippen LogP contribution is 2.17. The van der Waals surface area contributed by atoms with Gasteiger partial charge in [0.05, 0.1) is 12.5 Å². The molecule has 0 saturated carbocycles. The Bertz CT molecular complexity index is 211. The van der Waals surface area contributed by atoms with Crippen molar-refractivity contribution in [3.8, 4) is 0 Å². The summed E-state index contributed by atoms with van der Waals surface area (Å²) in [6, 6.07) is 2.47. The third-order valence-electron chi connectivity index (χ3n) is 1.92. The molecule has 0 fully saturated rings. The third-order valence-corrected chi connectivity index (χ3v) is 2.59. The zero-order valence-corrected chi connectivity index (χ0v) is 9.06. The Morgan fingerprint density at radius 2 is 2.46 bits per heavy atom. The first kappa shape index (κ1) is 10.7. The van der Waals surface area contributed by atoms with Gasteiger partial charge in [0.15, 0.2) is 0 Å². The Kier molecular flexibility index (Phi) is 5.01. The van der Waals surface area contributed by atoms with Crippen molar-refractivity contribution in [3.05, 3.63) is 24.2 Å². The summed E-state index contributed by atoms with van der Waals surface area (Å²) in [5.41, 5.74) is 1.25. The summed E-state index contributed by atoms with van der Waals surface area (Å²) in [7, 11) is 0. The molecule has 1 heterocycles. The van der Waals surface area contributed by atoms with Crippen molar-refractivity contribution in [3.63, 3.8) is 0 Å². The van der Waals surface area contributed by atoms with Crippen molar-refractivity contribution in [1.29, 1.82) is 0 Å². The summed E-state index contributed by atoms with van der Waals surface area (Å²) in [5, 5.41) is 3.49. The number of rotatable bonds is 6. The minimum absolute atomic E-state index is 0.439. The van der Waals surface area contributed by atoms with Crippen LogP contribution in [0.4, 0.5) is 0 Å². The molecule has 74 valence electrons. The Morgan fingerprint density at radius 1 is 1.62 bits per heavy atom. The van der Waals surface area contributed by atoms with E-state index in [9.17, 15) is 0 Å². The van der Waals surface area contributed by atoms with E-state index < -0.39 is 0 Å². The predicted molar refractivity (Wildman–Crippen MR) is 58.1 cm³/mol. The van der Waals surface area contributed by atoms with Crippen LogP contribution in [0.2, 0.25) is 0 Å². The Hall–Kier alpha value is -0.410. The standard InChI is InChI=1S/C10H17NOS/c1-3-5-11-10(8-13-2)9-4-6-12-7-9/h4,6-7,10-11H,3,5,8H2,1-2H3. The van der Waals surface area contributed by atoms with Crippen LogP contribution >= 0.6 is 11.8 Å². The van der Waals surface area contributed by atoms with Crippen molar-refractivity contribution in [1.82, 2.24) is 5.32 Å². The second kappa shape index (κ2) is 6.11. The van der Waals surface area contributed by atoms with Crippen LogP contribution in [0, 0.1) is 0 Å². The van der Waals surface area contributed by atoms with Gasteiger partial charge in [-0.25, -0.2) is 0 Å². The first-order valence-electron chi connectivity index (χ1n) is 4.63. The maximum Gasteiger partial charge on any atom is 0.0950 e. The molecule has 13 heavy (non-hydrogen) atoms. The summed E-state index contributed by atoms with van der Waals surface area (Å²) in [6.07, 6.45) is 6.85. The number of hydrogen-bond acceptors (Lipinski definition) is 3. The first-order valence-corrected chi connectivity index (χ1v) is 6.02. The molecule has 2 nitrogen and oxygen atoms in total. The van der Waals surface area contributed by atoms with Crippen LogP contribution < -0.4 is 5.32 Å². The minimum atomic E-state index is 0.439. The zero-order valence-electron chi connectivity index (χ0n) is 8.25. The number of nitrogens with one attached hydrogen (secondary N) is 1. The zero-order chi connectivity index (χ0) is 9.52. The van der Waals surface area contributed by atoms with Gasteiger partial charge in [-0.1, -0.05) is 6.92 Å². The Balaban J connectivity index is 2.47. The van der Waals surface area contributed by atoms with E-state index in [1.165, 1.54) is 12.0 Å². The number of hydrogen-bond donors (Lipinski definition) is 1. The second-order valence-electron chi connectivity index (χ2n) is 3.02. The lowest BCUT2D eigenvalue weighted by atomic mass is 10.2. The normalized spacial score (nSPS) is 13.1. The van der Waals surface area contributed by atoms with E-state index in [0.29, 0.717) is 6.04 Å². The van der Waals surface area contributed by atoms with Crippen molar-refractivity contribution < 1.29 is 4.42 Å². The quantitative estimate of drug-likeness (QED) is 0.762. The molecule has 3 heteroatoms. The number of thioether (sulfide) groups is 1. The van der Waals surface area contributed by atoms with Gasteiger partial charge in [0.1, 0.15) is 0 Å². The van der Waals surface area contributed by atoms with E-state index in [4.69, 9.17) is 4.42 Å². The molecule has 0 saturated heterocycles. The van der Waals surface area contributed by atoms with Crippen LogP contribution in [0.25, 0.3) is 0 Å². The van der Waals surface area contributed by atoms with E-state index in [-0.39, 0.29) is 0 Å². The fraction of sp³-hybridized carbons (Fsp3) is 0.600. The van der Waals surface area contributed by atoms with Gasteiger partial charge in [-0.2, -0.15) is 11.8 Å². The second-order valence-corrected chi connectivity index (χ2v) is 3.93. The Labute approximate surface area is 84.1 Å². The summed E-state index contributed by atoms with van der Waals surface area (Å²) < 4.78 is 5.07. The van der Waals surface area contributed by atoms with Gasteiger partial charge in [-0.05, 0) is 25.3 Å². The van der Waals surface area contributed by atoms with Gasteiger partial charge in [-0.15, -0.1) is 0 Å². The van der Waals surface area contributed by atoms with Gasteiger partial charge in [0, 0.05) is 17.4 Å². The molecule has 0 aliphatic carbocycles. The average molecular weight is 199 g/mol. The molecule has 0 aliphatic rings. The fourth-order valence-corrected chi connectivity index (χ4v) is 1.88. The topological polar surface area (TPSA) is 25.2 Å². The van der Waals surface area contributed by atoms with Crippen molar-refractivity contribution in [2.24, 2.45) is 0 Å². The smallest absolute Gasteiger partial charge is 0.0950 e. The lowest BCUT2D eigenvalue weighted by molar-refractivity contribution is 0.541. The lowest BCUT2D eigenvalue weighted by Gasteiger charge is -2.15. The van der Waals surface area contributed by atoms with Gasteiger partial charge in [0.2, 0.25) is 0 Å². The SMILES string of the molecule is CCCNC(CSC)c1ccoc1. The van der Waals surface area contributed by atoms with Crippen LogP contribution in [-0.4, -0.2) is 18.6 Å². The highest BCUT2D eigenvalue weighted by atomic mass is 32.2. The van der Waals surface area contributed by atoms with Gasteiger partial charge < -0.3 is 9.73 Å². The molecule has 1 aromatic rings. The van der Waals surface area contributed by atoms with Crippen LogP contribution in [0.3, 0.4) is 0 Å². The van der Waals surface area contributed by atoms with E-state index in [2.05, 4.69) is 18.5 Å². The molecule has 0 bridgehead atoms. The van der Waals surface area contributed by atoms with E-state index in [1.54, 1.807) is 6.26 Å². The van der Waals surface area contributed by atoms with Gasteiger partial charge >= 0.3 is 0 Å². The predicted octanol–water partition coefficient (Wildman–Crippen LogP) is 2.68. The molecule has 1 N–H and O–H groups in total. The van der Waals surface area contributed by atoms with Crippen LogP contribution in [-0.2, 0) is 0 Å².